The summed E-state index contributed by atoms with van der Waals surface area (Å²) < 4.78 is 5.12. The van der Waals surface area contributed by atoms with Crippen molar-refractivity contribution in [1.29, 1.82) is 0 Å². The molecule has 2 aromatic rings. The molecule has 0 spiro atoms. The second kappa shape index (κ2) is 6.10. The number of benzene rings is 2. The molecule has 0 amide bonds. The van der Waals surface area contributed by atoms with Crippen LogP contribution >= 0.6 is 0 Å². The van der Waals surface area contributed by atoms with Crippen molar-refractivity contribution in [2.45, 2.75) is 32.4 Å². The summed E-state index contributed by atoms with van der Waals surface area (Å²) in [5, 5.41) is 3.51. The molecular weight excluding hydrogens is 246 g/mol. The number of hydrogen-bond donors (Lipinski definition) is 1. The average molecular weight is 267 g/mol. The Morgan fingerprint density at radius 1 is 0.950 bits per heavy atom. The zero-order valence-electron chi connectivity index (χ0n) is 12.0. The van der Waals surface area contributed by atoms with Crippen LogP contribution in [0.3, 0.4) is 0 Å². The Bertz CT molecular complexity index is 574. The van der Waals surface area contributed by atoms with Gasteiger partial charge in [0, 0.05) is 19.3 Å². The Morgan fingerprint density at radius 3 is 2.50 bits per heavy atom. The molecule has 0 unspecified atom stereocenters. The van der Waals surface area contributed by atoms with Crippen LogP contribution in [0, 0.1) is 0 Å². The van der Waals surface area contributed by atoms with Gasteiger partial charge < -0.3 is 10.1 Å². The molecule has 0 aliphatic heterocycles. The molecule has 2 aromatic carbocycles. The Balaban J connectivity index is 1.61. The van der Waals surface area contributed by atoms with Gasteiger partial charge in [-0.2, -0.15) is 0 Å². The normalized spacial score (nSPS) is 13.2. The molecule has 3 rings (SSSR count). The predicted molar refractivity (Wildman–Crippen MR) is 82.9 cm³/mol. The van der Waals surface area contributed by atoms with Gasteiger partial charge in [-0.3, -0.25) is 0 Å². The van der Waals surface area contributed by atoms with Crippen LogP contribution in [0.25, 0.3) is 0 Å². The summed E-state index contributed by atoms with van der Waals surface area (Å²) in [6.07, 6.45) is 3.78. The number of methoxy groups -OCH3 is 1. The molecule has 0 fully saturated rings. The molecule has 2 heteroatoms. The summed E-state index contributed by atoms with van der Waals surface area (Å²) in [6, 6.07) is 15.4. The van der Waals surface area contributed by atoms with E-state index in [1.54, 1.807) is 7.11 Å². The zero-order valence-corrected chi connectivity index (χ0v) is 12.0. The van der Waals surface area contributed by atoms with Gasteiger partial charge in [0.2, 0.25) is 0 Å². The van der Waals surface area contributed by atoms with Gasteiger partial charge in [0.1, 0.15) is 0 Å². The van der Waals surface area contributed by atoms with Crippen molar-refractivity contribution in [2.24, 2.45) is 0 Å². The van der Waals surface area contributed by atoms with Crippen molar-refractivity contribution < 1.29 is 4.74 Å². The first-order valence-corrected chi connectivity index (χ1v) is 7.27. The molecule has 20 heavy (non-hydrogen) atoms. The minimum atomic E-state index is 0.679. The molecule has 0 saturated heterocycles. The van der Waals surface area contributed by atoms with Crippen LogP contribution in [-0.4, -0.2) is 7.11 Å². The number of nitrogens with one attached hydrogen (secondary N) is 1. The number of aryl methyl sites for hydroxylation is 2. The van der Waals surface area contributed by atoms with E-state index in [0.29, 0.717) is 6.61 Å². The molecule has 0 heterocycles. The lowest BCUT2D eigenvalue weighted by molar-refractivity contribution is 0.185. The molecule has 0 atom stereocenters. The molecule has 104 valence electrons. The maximum absolute atomic E-state index is 5.12. The summed E-state index contributed by atoms with van der Waals surface area (Å²) in [5.41, 5.74) is 6.79. The molecule has 0 aromatic heterocycles. The largest absolute Gasteiger partial charge is 0.381 e. The molecule has 1 aliphatic rings. The second-order valence-corrected chi connectivity index (χ2v) is 5.44. The van der Waals surface area contributed by atoms with E-state index in [2.05, 4.69) is 47.8 Å². The number of ether oxygens (including phenoxy) is 1. The van der Waals surface area contributed by atoms with Crippen LogP contribution in [-0.2, 0) is 30.7 Å². The quantitative estimate of drug-likeness (QED) is 0.886. The van der Waals surface area contributed by atoms with Crippen molar-refractivity contribution in [3.63, 3.8) is 0 Å². The Morgan fingerprint density at radius 2 is 1.70 bits per heavy atom. The number of rotatable bonds is 5. The minimum absolute atomic E-state index is 0.679. The fourth-order valence-corrected chi connectivity index (χ4v) is 2.81. The average Bonchev–Trinajstić information content (AvgIpc) is 2.94. The third kappa shape index (κ3) is 3.02. The van der Waals surface area contributed by atoms with Crippen LogP contribution < -0.4 is 5.32 Å². The first-order valence-electron chi connectivity index (χ1n) is 7.27. The van der Waals surface area contributed by atoms with Crippen LogP contribution in [0.4, 0.5) is 5.69 Å². The van der Waals surface area contributed by atoms with E-state index in [9.17, 15) is 0 Å². The van der Waals surface area contributed by atoms with Gasteiger partial charge in [0.25, 0.3) is 0 Å². The summed E-state index contributed by atoms with van der Waals surface area (Å²) in [6.45, 7) is 1.55. The topological polar surface area (TPSA) is 21.3 Å². The van der Waals surface area contributed by atoms with E-state index in [0.717, 1.165) is 6.54 Å². The third-order valence-electron chi connectivity index (χ3n) is 3.93. The maximum atomic E-state index is 5.12. The van der Waals surface area contributed by atoms with Crippen molar-refractivity contribution >= 4 is 5.69 Å². The first kappa shape index (κ1) is 13.2. The van der Waals surface area contributed by atoms with Crippen molar-refractivity contribution in [2.75, 3.05) is 12.4 Å². The van der Waals surface area contributed by atoms with Crippen LogP contribution in [0.2, 0.25) is 0 Å². The lowest BCUT2D eigenvalue weighted by Gasteiger charge is -2.09. The van der Waals surface area contributed by atoms with E-state index < -0.39 is 0 Å². The maximum Gasteiger partial charge on any atom is 0.0713 e. The minimum Gasteiger partial charge on any atom is -0.381 e. The van der Waals surface area contributed by atoms with Gasteiger partial charge in [0.05, 0.1) is 6.61 Å². The molecule has 0 saturated carbocycles. The highest BCUT2D eigenvalue weighted by atomic mass is 16.5. The fraction of sp³-hybridized carbons (Fsp3) is 0.333. The van der Waals surface area contributed by atoms with Crippen molar-refractivity contribution in [1.82, 2.24) is 0 Å². The SMILES string of the molecule is COCc1ccc(CNc2ccc3c(c2)CCC3)cc1. The Hall–Kier alpha value is -1.80. The molecular formula is C18H21NO. The predicted octanol–water partition coefficient (Wildman–Crippen LogP) is 3.93. The van der Waals surface area contributed by atoms with Crippen molar-refractivity contribution in [3.8, 4) is 0 Å². The zero-order chi connectivity index (χ0) is 13.8. The Kier molecular flexibility index (Phi) is 4.03. The standard InChI is InChI=1S/C18H21NO/c1-20-13-15-7-5-14(6-8-15)12-19-18-10-9-16-3-2-4-17(16)11-18/h5-11,19H,2-4,12-13H2,1H3. The van der Waals surface area contributed by atoms with Gasteiger partial charge in [-0.1, -0.05) is 30.3 Å². The van der Waals surface area contributed by atoms with Crippen LogP contribution in [0.15, 0.2) is 42.5 Å². The lowest BCUT2D eigenvalue weighted by atomic mass is 10.1. The highest BCUT2D eigenvalue weighted by Gasteiger charge is 2.10. The second-order valence-electron chi connectivity index (χ2n) is 5.44. The van der Waals surface area contributed by atoms with Gasteiger partial charge in [0.15, 0.2) is 0 Å². The molecule has 2 nitrogen and oxygen atoms in total. The van der Waals surface area contributed by atoms with Gasteiger partial charge in [-0.05, 0) is 53.6 Å². The summed E-state index contributed by atoms with van der Waals surface area (Å²) in [5.74, 6) is 0. The molecule has 1 aliphatic carbocycles. The summed E-state index contributed by atoms with van der Waals surface area (Å²) in [4.78, 5) is 0. The molecule has 0 radical (unpaired) electrons. The number of hydrogen-bond acceptors (Lipinski definition) is 2. The highest BCUT2D eigenvalue weighted by Crippen LogP contribution is 2.25. The van der Waals surface area contributed by atoms with Crippen LogP contribution in [0.1, 0.15) is 28.7 Å². The lowest BCUT2D eigenvalue weighted by Crippen LogP contribution is -2.00. The number of anilines is 1. The van der Waals surface area contributed by atoms with E-state index in [-0.39, 0.29) is 0 Å². The molecule has 0 bridgehead atoms. The smallest absolute Gasteiger partial charge is 0.0713 e. The van der Waals surface area contributed by atoms with Gasteiger partial charge >= 0.3 is 0 Å². The van der Waals surface area contributed by atoms with E-state index in [1.165, 1.54) is 47.2 Å². The van der Waals surface area contributed by atoms with E-state index >= 15 is 0 Å². The summed E-state index contributed by atoms with van der Waals surface area (Å²) >= 11 is 0. The highest BCUT2D eigenvalue weighted by molar-refractivity contribution is 5.50. The van der Waals surface area contributed by atoms with Gasteiger partial charge in [-0.15, -0.1) is 0 Å². The Labute approximate surface area is 120 Å². The monoisotopic (exact) mass is 267 g/mol. The fourth-order valence-electron chi connectivity index (χ4n) is 2.81. The number of fused-ring (bicyclic) bond motifs is 1. The van der Waals surface area contributed by atoms with E-state index in [4.69, 9.17) is 4.74 Å². The van der Waals surface area contributed by atoms with Crippen LogP contribution in [0.5, 0.6) is 0 Å². The summed E-state index contributed by atoms with van der Waals surface area (Å²) in [7, 11) is 1.73. The van der Waals surface area contributed by atoms with Crippen molar-refractivity contribution in [3.05, 3.63) is 64.7 Å². The van der Waals surface area contributed by atoms with E-state index in [1.807, 2.05) is 0 Å². The van der Waals surface area contributed by atoms with Gasteiger partial charge in [-0.25, -0.2) is 0 Å². The third-order valence-corrected chi connectivity index (χ3v) is 3.93. The molecule has 1 N–H and O–H groups in total. The first-order chi connectivity index (χ1) is 9.85.